The average molecular weight is 329 g/mol. The smallest absolute Gasteiger partial charge is 0.178 e. The van der Waals surface area contributed by atoms with E-state index in [0.29, 0.717) is 5.82 Å². The molecule has 3 aromatic heterocycles. The second-order valence-corrected chi connectivity index (χ2v) is 6.19. The number of pyridine rings is 2. The van der Waals surface area contributed by atoms with E-state index in [-0.39, 0.29) is 0 Å². The normalized spacial score (nSPS) is 13.4. The van der Waals surface area contributed by atoms with Crippen molar-refractivity contribution in [2.75, 3.05) is 6.54 Å². The zero-order chi connectivity index (χ0) is 17.2. The van der Waals surface area contributed by atoms with Gasteiger partial charge in [0.05, 0.1) is 5.69 Å². The summed E-state index contributed by atoms with van der Waals surface area (Å²) in [5.74, 6) is 0.689. The van der Waals surface area contributed by atoms with Crippen molar-refractivity contribution in [3.05, 3.63) is 78.0 Å². The van der Waals surface area contributed by atoms with E-state index in [1.165, 1.54) is 0 Å². The van der Waals surface area contributed by atoms with Gasteiger partial charge in [0.2, 0.25) is 0 Å². The lowest BCUT2D eigenvalue weighted by Crippen LogP contribution is -2.30. The Hall–Kier alpha value is -3.08. The summed E-state index contributed by atoms with van der Waals surface area (Å²) in [6.07, 6.45) is 6.43. The number of nitrogens with zero attached hydrogens (tertiary/aromatic N) is 5. The highest BCUT2D eigenvalue weighted by Gasteiger charge is 2.20. The lowest BCUT2D eigenvalue weighted by molar-refractivity contribution is 0.369. The Kier molecular flexibility index (Phi) is 3.98. The molecule has 1 aliphatic rings. The maximum Gasteiger partial charge on any atom is 0.178 e. The third kappa shape index (κ3) is 3.13. The van der Waals surface area contributed by atoms with Gasteiger partial charge < -0.3 is 4.90 Å². The molecule has 4 heterocycles. The number of hydrogen-bond donors (Lipinski definition) is 0. The fraction of sp³-hybridized carbons (Fsp3) is 0.200. The first-order valence-electron chi connectivity index (χ1n) is 8.34. The standard InChI is InChI=1S/C20H19N5/c1-14-6-7-16(11-22-14)15(2)25-10-8-18-17(13-25)12-23-20(24-18)19-5-3-4-9-21-19/h3-7,9,11-12H,2,8,10,13H2,1H3. The average Bonchev–Trinajstić information content (AvgIpc) is 2.68. The molecule has 0 unspecified atom stereocenters. The van der Waals surface area contributed by atoms with Crippen molar-refractivity contribution in [2.24, 2.45) is 0 Å². The first-order chi connectivity index (χ1) is 12.2. The number of hydrogen-bond acceptors (Lipinski definition) is 5. The van der Waals surface area contributed by atoms with Crippen molar-refractivity contribution in [3.8, 4) is 11.5 Å². The highest BCUT2D eigenvalue weighted by molar-refractivity contribution is 5.61. The highest BCUT2D eigenvalue weighted by Crippen LogP contribution is 2.25. The Morgan fingerprint density at radius 3 is 2.76 bits per heavy atom. The molecule has 1 aliphatic heterocycles. The predicted molar refractivity (Wildman–Crippen MR) is 97.4 cm³/mol. The van der Waals surface area contributed by atoms with Gasteiger partial charge >= 0.3 is 0 Å². The van der Waals surface area contributed by atoms with Gasteiger partial charge in [0.15, 0.2) is 5.82 Å². The number of aryl methyl sites for hydroxylation is 1. The molecule has 124 valence electrons. The van der Waals surface area contributed by atoms with Crippen molar-refractivity contribution >= 4 is 5.70 Å². The minimum atomic E-state index is 0.689. The third-order valence-electron chi connectivity index (χ3n) is 4.45. The lowest BCUT2D eigenvalue weighted by atomic mass is 10.0. The summed E-state index contributed by atoms with van der Waals surface area (Å²) in [6.45, 7) is 7.89. The van der Waals surface area contributed by atoms with Gasteiger partial charge in [-0.2, -0.15) is 0 Å². The van der Waals surface area contributed by atoms with Gasteiger partial charge in [-0.15, -0.1) is 0 Å². The van der Waals surface area contributed by atoms with Crippen LogP contribution in [0.15, 0.2) is 55.5 Å². The van der Waals surface area contributed by atoms with Crippen molar-refractivity contribution in [3.63, 3.8) is 0 Å². The SMILES string of the molecule is C=C(c1ccc(C)nc1)N1CCc2nc(-c3ccccn3)ncc2C1. The van der Waals surface area contributed by atoms with Crippen molar-refractivity contribution < 1.29 is 0 Å². The van der Waals surface area contributed by atoms with Crippen LogP contribution in [0.25, 0.3) is 17.2 Å². The molecule has 25 heavy (non-hydrogen) atoms. The maximum atomic E-state index is 4.72. The van der Waals surface area contributed by atoms with Gasteiger partial charge in [-0.05, 0) is 31.2 Å². The third-order valence-corrected chi connectivity index (χ3v) is 4.45. The molecule has 0 aromatic carbocycles. The molecule has 0 bridgehead atoms. The van der Waals surface area contributed by atoms with E-state index in [1.54, 1.807) is 6.20 Å². The minimum absolute atomic E-state index is 0.689. The first kappa shape index (κ1) is 15.4. The highest BCUT2D eigenvalue weighted by atomic mass is 15.1. The van der Waals surface area contributed by atoms with E-state index < -0.39 is 0 Å². The molecule has 0 spiro atoms. The molecular formula is C20H19N5. The van der Waals surface area contributed by atoms with Gasteiger partial charge in [0.1, 0.15) is 5.69 Å². The molecule has 0 saturated heterocycles. The van der Waals surface area contributed by atoms with Crippen LogP contribution in [0.5, 0.6) is 0 Å². The van der Waals surface area contributed by atoms with Gasteiger partial charge in [0, 0.05) is 60.6 Å². The zero-order valence-corrected chi connectivity index (χ0v) is 14.2. The van der Waals surface area contributed by atoms with Crippen molar-refractivity contribution in [1.29, 1.82) is 0 Å². The van der Waals surface area contributed by atoms with Crippen molar-refractivity contribution in [1.82, 2.24) is 24.8 Å². The van der Waals surface area contributed by atoms with E-state index >= 15 is 0 Å². The van der Waals surface area contributed by atoms with Crippen LogP contribution in [0, 0.1) is 6.92 Å². The number of fused-ring (bicyclic) bond motifs is 1. The van der Waals surface area contributed by atoms with Crippen LogP contribution in [0.3, 0.4) is 0 Å². The lowest BCUT2D eigenvalue weighted by Gasteiger charge is -2.31. The zero-order valence-electron chi connectivity index (χ0n) is 14.2. The molecule has 5 nitrogen and oxygen atoms in total. The second kappa shape index (κ2) is 6.43. The first-order valence-corrected chi connectivity index (χ1v) is 8.34. The minimum Gasteiger partial charge on any atom is -0.367 e. The molecule has 5 heteroatoms. The fourth-order valence-corrected chi connectivity index (χ4v) is 2.99. The topological polar surface area (TPSA) is 54.8 Å². The van der Waals surface area contributed by atoms with Crippen LogP contribution in [-0.4, -0.2) is 31.4 Å². The van der Waals surface area contributed by atoms with Gasteiger partial charge in [-0.3, -0.25) is 9.97 Å². The Morgan fingerprint density at radius 2 is 2.00 bits per heavy atom. The molecular weight excluding hydrogens is 310 g/mol. The summed E-state index contributed by atoms with van der Waals surface area (Å²) >= 11 is 0. The molecule has 4 rings (SSSR count). The largest absolute Gasteiger partial charge is 0.367 e. The Labute approximate surface area is 147 Å². The molecule has 0 N–H and O–H groups in total. The number of rotatable bonds is 3. The molecule has 0 fully saturated rings. The van der Waals surface area contributed by atoms with Gasteiger partial charge in [-0.1, -0.05) is 12.6 Å². The molecule has 0 atom stereocenters. The molecule has 0 amide bonds. The Balaban J connectivity index is 1.55. The van der Waals surface area contributed by atoms with Crippen LogP contribution in [-0.2, 0) is 13.0 Å². The fourth-order valence-electron chi connectivity index (χ4n) is 2.99. The van der Waals surface area contributed by atoms with Gasteiger partial charge in [0.25, 0.3) is 0 Å². The summed E-state index contributed by atoms with van der Waals surface area (Å²) in [4.78, 5) is 20.2. The van der Waals surface area contributed by atoms with Crippen LogP contribution < -0.4 is 0 Å². The summed E-state index contributed by atoms with van der Waals surface area (Å²) in [6, 6.07) is 9.86. The van der Waals surface area contributed by atoms with E-state index in [0.717, 1.165) is 53.4 Å². The van der Waals surface area contributed by atoms with E-state index in [2.05, 4.69) is 32.5 Å². The van der Waals surface area contributed by atoms with Crippen LogP contribution in [0.1, 0.15) is 22.5 Å². The summed E-state index contributed by atoms with van der Waals surface area (Å²) in [5, 5.41) is 0. The molecule has 0 saturated carbocycles. The van der Waals surface area contributed by atoms with E-state index in [4.69, 9.17) is 4.98 Å². The summed E-state index contributed by atoms with van der Waals surface area (Å²) in [5.41, 5.74) is 6.11. The summed E-state index contributed by atoms with van der Waals surface area (Å²) in [7, 11) is 0. The van der Waals surface area contributed by atoms with Crippen LogP contribution in [0.4, 0.5) is 0 Å². The molecule has 3 aromatic rings. The molecule has 0 aliphatic carbocycles. The Morgan fingerprint density at radius 1 is 1.08 bits per heavy atom. The van der Waals surface area contributed by atoms with Crippen LogP contribution >= 0.6 is 0 Å². The second-order valence-electron chi connectivity index (χ2n) is 6.19. The quantitative estimate of drug-likeness (QED) is 0.738. The Bertz CT molecular complexity index is 903. The predicted octanol–water partition coefficient (Wildman–Crippen LogP) is 3.27. The monoisotopic (exact) mass is 329 g/mol. The number of aromatic nitrogens is 4. The van der Waals surface area contributed by atoms with E-state index in [9.17, 15) is 0 Å². The summed E-state index contributed by atoms with van der Waals surface area (Å²) < 4.78 is 0. The van der Waals surface area contributed by atoms with Gasteiger partial charge in [-0.25, -0.2) is 9.97 Å². The van der Waals surface area contributed by atoms with Crippen molar-refractivity contribution in [2.45, 2.75) is 19.9 Å². The van der Waals surface area contributed by atoms with E-state index in [1.807, 2.05) is 43.6 Å². The van der Waals surface area contributed by atoms with Crippen LogP contribution in [0.2, 0.25) is 0 Å². The molecule has 0 radical (unpaired) electrons. The maximum absolute atomic E-state index is 4.72.